The van der Waals surface area contributed by atoms with E-state index < -0.39 is 0 Å². The molecule has 0 aliphatic rings. The van der Waals surface area contributed by atoms with Crippen LogP contribution in [0.5, 0.6) is 0 Å². The van der Waals surface area contributed by atoms with Crippen molar-refractivity contribution in [1.29, 1.82) is 5.26 Å². The second-order valence-electron chi connectivity index (χ2n) is 6.24. The van der Waals surface area contributed by atoms with Crippen molar-refractivity contribution in [3.63, 3.8) is 0 Å². The number of amides is 1. The summed E-state index contributed by atoms with van der Waals surface area (Å²) in [6.07, 6.45) is 4.94. The van der Waals surface area contributed by atoms with Gasteiger partial charge < -0.3 is 5.32 Å². The lowest BCUT2D eigenvalue weighted by molar-refractivity contribution is 0.102. The number of rotatable bonds is 8. The van der Waals surface area contributed by atoms with Crippen molar-refractivity contribution < 1.29 is 4.79 Å². The number of hydrogen-bond donors (Lipinski definition) is 2. The zero-order valence-electron chi connectivity index (χ0n) is 15.3. The largest absolute Gasteiger partial charge is 0.305 e. The van der Waals surface area contributed by atoms with Gasteiger partial charge in [0.25, 0.3) is 5.91 Å². The van der Waals surface area contributed by atoms with Crippen molar-refractivity contribution in [2.45, 2.75) is 39.2 Å². The molecule has 3 rings (SSSR count). The number of aryl methyl sites for hydroxylation is 2. The Morgan fingerprint density at radius 2 is 2.15 bits per heavy atom. The Morgan fingerprint density at radius 3 is 2.89 bits per heavy atom. The molecule has 7 heteroatoms. The number of nitrogens with one attached hydrogen (secondary N) is 2. The molecule has 0 spiro atoms. The van der Waals surface area contributed by atoms with Gasteiger partial charge >= 0.3 is 0 Å². The molecule has 2 N–H and O–H groups in total. The molecule has 0 fully saturated rings. The minimum Gasteiger partial charge on any atom is -0.305 e. The minimum atomic E-state index is -0.273. The van der Waals surface area contributed by atoms with E-state index in [1.54, 1.807) is 10.9 Å². The molecule has 0 saturated heterocycles. The first-order valence-corrected chi connectivity index (χ1v) is 9.06. The van der Waals surface area contributed by atoms with Crippen LogP contribution in [0.2, 0.25) is 0 Å². The summed E-state index contributed by atoms with van der Waals surface area (Å²) in [5, 5.41) is 23.2. The molecule has 0 aliphatic carbocycles. The summed E-state index contributed by atoms with van der Waals surface area (Å²) in [6.45, 7) is 2.56. The highest BCUT2D eigenvalue weighted by Crippen LogP contribution is 2.25. The molecule has 7 nitrogen and oxygen atoms in total. The van der Waals surface area contributed by atoms with Crippen LogP contribution in [0.25, 0.3) is 11.3 Å². The van der Waals surface area contributed by atoms with E-state index in [2.05, 4.69) is 33.6 Å². The van der Waals surface area contributed by atoms with Gasteiger partial charge in [0, 0.05) is 17.3 Å². The highest BCUT2D eigenvalue weighted by Gasteiger charge is 2.19. The van der Waals surface area contributed by atoms with Gasteiger partial charge in [0.1, 0.15) is 0 Å². The van der Waals surface area contributed by atoms with Crippen LogP contribution >= 0.6 is 0 Å². The summed E-state index contributed by atoms with van der Waals surface area (Å²) in [5.41, 5.74) is 3.03. The van der Waals surface area contributed by atoms with Crippen LogP contribution < -0.4 is 5.32 Å². The fourth-order valence-electron chi connectivity index (χ4n) is 2.88. The van der Waals surface area contributed by atoms with Gasteiger partial charge in [0.05, 0.1) is 36.5 Å². The molecule has 2 heterocycles. The molecule has 0 radical (unpaired) electrons. The number of hydrogen-bond acceptors (Lipinski definition) is 4. The Hall–Kier alpha value is -3.40. The summed E-state index contributed by atoms with van der Waals surface area (Å²) in [5.74, 6) is 0.223. The number of H-pyrrole nitrogens is 1. The first-order chi connectivity index (χ1) is 13.2. The average molecular weight is 362 g/mol. The van der Waals surface area contributed by atoms with Crippen LogP contribution in [0.4, 0.5) is 5.82 Å². The maximum absolute atomic E-state index is 12.8. The Kier molecular flexibility index (Phi) is 6.00. The van der Waals surface area contributed by atoms with Gasteiger partial charge in [0.2, 0.25) is 0 Å². The number of carbonyl (C=O) groups is 1. The van der Waals surface area contributed by atoms with Gasteiger partial charge in [0.15, 0.2) is 5.82 Å². The summed E-state index contributed by atoms with van der Waals surface area (Å²) in [7, 11) is 0. The maximum Gasteiger partial charge on any atom is 0.260 e. The van der Waals surface area contributed by atoms with Crippen molar-refractivity contribution in [3.8, 4) is 17.3 Å². The smallest absolute Gasteiger partial charge is 0.260 e. The van der Waals surface area contributed by atoms with E-state index in [4.69, 9.17) is 5.26 Å². The molecule has 1 amide bonds. The van der Waals surface area contributed by atoms with Gasteiger partial charge in [-0.15, -0.1) is 0 Å². The SMILES string of the molecule is CCCCc1cc(NC(=O)c2cnn(CCC#N)c2-c2ccccc2)n[nH]1. The number of aromatic amines is 1. The summed E-state index contributed by atoms with van der Waals surface area (Å²) < 4.78 is 1.70. The molecule has 27 heavy (non-hydrogen) atoms. The van der Waals surface area contributed by atoms with Crippen LogP contribution in [0.15, 0.2) is 42.6 Å². The molecule has 138 valence electrons. The molecule has 0 aliphatic heterocycles. The zero-order chi connectivity index (χ0) is 19.1. The first kappa shape index (κ1) is 18.4. The Labute approximate surface area is 158 Å². The van der Waals surface area contributed by atoms with E-state index in [0.717, 1.165) is 30.5 Å². The molecule has 0 atom stereocenters. The van der Waals surface area contributed by atoms with Crippen molar-refractivity contribution in [2.75, 3.05) is 5.32 Å². The lowest BCUT2D eigenvalue weighted by atomic mass is 10.1. The van der Waals surface area contributed by atoms with Gasteiger partial charge in [-0.1, -0.05) is 43.7 Å². The van der Waals surface area contributed by atoms with E-state index in [1.807, 2.05) is 36.4 Å². The molecule has 0 unspecified atom stereocenters. The van der Waals surface area contributed by atoms with Crippen molar-refractivity contribution in [3.05, 3.63) is 53.9 Å². The van der Waals surface area contributed by atoms with Crippen LogP contribution in [-0.2, 0) is 13.0 Å². The van der Waals surface area contributed by atoms with Crippen molar-refractivity contribution >= 4 is 11.7 Å². The topological polar surface area (TPSA) is 99.4 Å². The fourth-order valence-corrected chi connectivity index (χ4v) is 2.88. The number of nitriles is 1. The molecular formula is C20H22N6O. The highest BCUT2D eigenvalue weighted by atomic mass is 16.1. The van der Waals surface area contributed by atoms with Gasteiger partial charge in [-0.25, -0.2) is 0 Å². The second kappa shape index (κ2) is 8.81. The standard InChI is InChI=1S/C20H22N6O/c1-2-3-10-16-13-18(25-24-16)23-20(27)17-14-22-26(12-7-11-21)19(17)15-8-5-4-6-9-15/h4-6,8-9,13-14H,2-3,7,10,12H2,1H3,(H2,23,24,25,27). The predicted molar refractivity (Wildman–Crippen MR) is 103 cm³/mol. The van der Waals surface area contributed by atoms with Gasteiger partial charge in [-0.2, -0.15) is 15.5 Å². The van der Waals surface area contributed by atoms with Crippen LogP contribution in [0, 0.1) is 11.3 Å². The Balaban J connectivity index is 1.85. The maximum atomic E-state index is 12.8. The van der Waals surface area contributed by atoms with Crippen LogP contribution in [0.3, 0.4) is 0 Å². The number of unbranched alkanes of at least 4 members (excludes halogenated alkanes) is 1. The Morgan fingerprint density at radius 1 is 1.33 bits per heavy atom. The lowest BCUT2D eigenvalue weighted by Gasteiger charge is -2.08. The Bertz CT molecular complexity index is 935. The second-order valence-corrected chi connectivity index (χ2v) is 6.24. The molecule has 2 aromatic heterocycles. The van der Waals surface area contributed by atoms with E-state index in [0.29, 0.717) is 30.0 Å². The summed E-state index contributed by atoms with van der Waals surface area (Å²) >= 11 is 0. The van der Waals surface area contributed by atoms with Crippen LogP contribution in [-0.4, -0.2) is 25.9 Å². The van der Waals surface area contributed by atoms with Gasteiger partial charge in [-0.05, 0) is 12.8 Å². The minimum absolute atomic E-state index is 0.273. The monoisotopic (exact) mass is 362 g/mol. The normalized spacial score (nSPS) is 10.5. The zero-order valence-corrected chi connectivity index (χ0v) is 15.3. The highest BCUT2D eigenvalue weighted by molar-refractivity contribution is 6.07. The number of anilines is 1. The third-order valence-electron chi connectivity index (χ3n) is 4.24. The van der Waals surface area contributed by atoms with E-state index in [9.17, 15) is 4.79 Å². The molecular weight excluding hydrogens is 340 g/mol. The van der Waals surface area contributed by atoms with Crippen molar-refractivity contribution in [1.82, 2.24) is 20.0 Å². The molecule has 1 aromatic carbocycles. The quantitative estimate of drug-likeness (QED) is 0.637. The van der Waals surface area contributed by atoms with E-state index >= 15 is 0 Å². The van der Waals surface area contributed by atoms with Gasteiger partial charge in [-0.3, -0.25) is 14.6 Å². The number of nitrogens with zero attached hydrogens (tertiary/aromatic N) is 4. The summed E-state index contributed by atoms with van der Waals surface area (Å²) in [6, 6.07) is 13.6. The molecule has 0 saturated carbocycles. The third-order valence-corrected chi connectivity index (χ3v) is 4.24. The number of carbonyl (C=O) groups excluding carboxylic acids is 1. The predicted octanol–water partition coefficient (Wildman–Crippen LogP) is 3.78. The fraction of sp³-hybridized carbons (Fsp3) is 0.300. The average Bonchev–Trinajstić information content (AvgIpc) is 3.32. The van der Waals surface area contributed by atoms with E-state index in [1.165, 1.54) is 0 Å². The molecule has 3 aromatic rings. The lowest BCUT2D eigenvalue weighted by Crippen LogP contribution is -2.13. The van der Waals surface area contributed by atoms with Crippen molar-refractivity contribution in [2.24, 2.45) is 0 Å². The third kappa shape index (κ3) is 4.42. The van der Waals surface area contributed by atoms with E-state index in [-0.39, 0.29) is 5.91 Å². The summed E-state index contributed by atoms with van der Waals surface area (Å²) in [4.78, 5) is 12.8. The molecule has 0 bridgehead atoms. The first-order valence-electron chi connectivity index (χ1n) is 9.06. The van der Waals surface area contributed by atoms with Crippen LogP contribution in [0.1, 0.15) is 42.2 Å². The number of benzene rings is 1. The number of aromatic nitrogens is 4.